The Kier molecular flexibility index (Phi) is 3.41. The van der Waals surface area contributed by atoms with E-state index in [1.807, 2.05) is 30.4 Å². The lowest BCUT2D eigenvalue weighted by Gasteiger charge is -1.96. The largest absolute Gasteiger partial charge is 0.472 e. The van der Waals surface area contributed by atoms with Crippen LogP contribution in [0.25, 0.3) is 6.08 Å². The van der Waals surface area contributed by atoms with E-state index in [1.165, 1.54) is 0 Å². The van der Waals surface area contributed by atoms with Gasteiger partial charge in [-0.15, -0.1) is 0 Å². The van der Waals surface area contributed by atoms with Gasteiger partial charge in [-0.05, 0) is 24.3 Å². The van der Waals surface area contributed by atoms with Gasteiger partial charge in [0.2, 0.25) is 0 Å². The van der Waals surface area contributed by atoms with Crippen LogP contribution in [0.4, 0.5) is 0 Å². The molecule has 0 aliphatic carbocycles. The molecule has 0 aromatic carbocycles. The first-order chi connectivity index (χ1) is 7.45. The SMILES string of the molecule is C(=C\c1ccco1)/CNCc1ccoc1. The van der Waals surface area contributed by atoms with Crippen molar-refractivity contribution in [3.05, 3.63) is 54.4 Å². The Labute approximate surface area is 88.4 Å². The fraction of sp³-hybridized carbons (Fsp3) is 0.167. The zero-order valence-electron chi connectivity index (χ0n) is 8.35. The Balaban J connectivity index is 1.67. The van der Waals surface area contributed by atoms with Crippen LogP contribution in [-0.2, 0) is 6.54 Å². The molecule has 2 heterocycles. The monoisotopic (exact) mass is 203 g/mol. The van der Waals surface area contributed by atoms with Gasteiger partial charge in [0.1, 0.15) is 5.76 Å². The van der Waals surface area contributed by atoms with Crippen molar-refractivity contribution in [2.75, 3.05) is 6.54 Å². The minimum absolute atomic E-state index is 0.811. The van der Waals surface area contributed by atoms with Crippen molar-refractivity contribution in [3.63, 3.8) is 0 Å². The predicted octanol–water partition coefficient (Wildman–Crippen LogP) is 2.68. The molecular weight excluding hydrogens is 190 g/mol. The second-order valence-electron chi connectivity index (χ2n) is 3.18. The maximum absolute atomic E-state index is 5.16. The van der Waals surface area contributed by atoms with E-state index < -0.39 is 0 Å². The van der Waals surface area contributed by atoms with Crippen LogP contribution in [0.15, 0.2) is 51.9 Å². The van der Waals surface area contributed by atoms with Gasteiger partial charge in [-0.1, -0.05) is 6.08 Å². The van der Waals surface area contributed by atoms with Crippen LogP contribution in [-0.4, -0.2) is 6.54 Å². The predicted molar refractivity (Wildman–Crippen MR) is 58.2 cm³/mol. The average molecular weight is 203 g/mol. The topological polar surface area (TPSA) is 38.3 Å². The normalized spacial score (nSPS) is 11.2. The first-order valence-corrected chi connectivity index (χ1v) is 4.87. The summed E-state index contributed by atoms with van der Waals surface area (Å²) in [4.78, 5) is 0. The minimum Gasteiger partial charge on any atom is -0.472 e. The second kappa shape index (κ2) is 5.22. The van der Waals surface area contributed by atoms with E-state index in [0.29, 0.717) is 0 Å². The van der Waals surface area contributed by atoms with Crippen molar-refractivity contribution < 1.29 is 8.83 Å². The highest BCUT2D eigenvalue weighted by Crippen LogP contribution is 2.01. The van der Waals surface area contributed by atoms with Gasteiger partial charge >= 0.3 is 0 Å². The summed E-state index contributed by atoms with van der Waals surface area (Å²) < 4.78 is 10.1. The molecule has 0 fully saturated rings. The third-order valence-corrected chi connectivity index (χ3v) is 2.00. The highest BCUT2D eigenvalue weighted by atomic mass is 16.3. The van der Waals surface area contributed by atoms with E-state index in [2.05, 4.69) is 5.32 Å². The summed E-state index contributed by atoms with van der Waals surface area (Å²) in [6.45, 7) is 1.63. The van der Waals surface area contributed by atoms with Gasteiger partial charge < -0.3 is 14.2 Å². The van der Waals surface area contributed by atoms with Gasteiger partial charge in [-0.25, -0.2) is 0 Å². The molecule has 0 aliphatic heterocycles. The molecule has 15 heavy (non-hydrogen) atoms. The molecule has 3 heteroatoms. The summed E-state index contributed by atoms with van der Waals surface area (Å²) >= 11 is 0. The minimum atomic E-state index is 0.811. The van der Waals surface area contributed by atoms with E-state index in [9.17, 15) is 0 Å². The molecule has 0 atom stereocenters. The molecule has 0 radical (unpaired) electrons. The molecule has 78 valence electrons. The summed E-state index contributed by atoms with van der Waals surface area (Å²) in [5.74, 6) is 0.875. The Morgan fingerprint density at radius 2 is 2.27 bits per heavy atom. The molecular formula is C12H13NO2. The summed E-state index contributed by atoms with van der Waals surface area (Å²) in [6, 6.07) is 5.74. The van der Waals surface area contributed by atoms with Crippen molar-refractivity contribution >= 4 is 6.08 Å². The fourth-order valence-corrected chi connectivity index (χ4v) is 1.25. The smallest absolute Gasteiger partial charge is 0.126 e. The van der Waals surface area contributed by atoms with E-state index in [-0.39, 0.29) is 0 Å². The first kappa shape index (κ1) is 9.80. The van der Waals surface area contributed by atoms with Gasteiger partial charge in [0.15, 0.2) is 0 Å². The maximum Gasteiger partial charge on any atom is 0.126 e. The first-order valence-electron chi connectivity index (χ1n) is 4.87. The molecule has 0 bridgehead atoms. The van der Waals surface area contributed by atoms with E-state index >= 15 is 0 Å². The molecule has 3 nitrogen and oxygen atoms in total. The van der Waals surface area contributed by atoms with Crippen molar-refractivity contribution in [2.45, 2.75) is 6.54 Å². The highest BCUT2D eigenvalue weighted by molar-refractivity contribution is 5.42. The zero-order chi connectivity index (χ0) is 10.3. The lowest BCUT2D eigenvalue weighted by Crippen LogP contribution is -2.11. The standard InChI is InChI=1S/C12H13NO2/c1(3-12-4-2-7-15-12)6-13-9-11-5-8-14-10-11/h1-5,7-8,10,13H,6,9H2/b3-1+. The molecule has 0 spiro atoms. The molecule has 2 aromatic rings. The van der Waals surface area contributed by atoms with Crippen LogP contribution >= 0.6 is 0 Å². The molecule has 0 amide bonds. The van der Waals surface area contributed by atoms with Crippen molar-refractivity contribution in [1.29, 1.82) is 0 Å². The van der Waals surface area contributed by atoms with Gasteiger partial charge in [-0.2, -0.15) is 0 Å². The summed E-state index contributed by atoms with van der Waals surface area (Å²) in [5.41, 5.74) is 1.15. The van der Waals surface area contributed by atoms with Crippen LogP contribution in [0.5, 0.6) is 0 Å². The van der Waals surface area contributed by atoms with Gasteiger partial charge in [-0.3, -0.25) is 0 Å². The maximum atomic E-state index is 5.16. The second-order valence-corrected chi connectivity index (χ2v) is 3.18. The average Bonchev–Trinajstić information content (AvgIpc) is 2.88. The Hall–Kier alpha value is -1.74. The molecule has 0 saturated heterocycles. The van der Waals surface area contributed by atoms with Crippen LogP contribution in [0.2, 0.25) is 0 Å². The zero-order valence-corrected chi connectivity index (χ0v) is 8.35. The number of nitrogens with one attached hydrogen (secondary N) is 1. The summed E-state index contributed by atoms with van der Waals surface area (Å²) in [6.07, 6.45) is 9.05. The highest BCUT2D eigenvalue weighted by Gasteiger charge is 1.91. The molecule has 1 N–H and O–H groups in total. The van der Waals surface area contributed by atoms with Crippen molar-refractivity contribution in [1.82, 2.24) is 5.32 Å². The van der Waals surface area contributed by atoms with E-state index in [4.69, 9.17) is 8.83 Å². The quantitative estimate of drug-likeness (QED) is 0.759. The van der Waals surface area contributed by atoms with Crippen LogP contribution in [0, 0.1) is 0 Å². The van der Waals surface area contributed by atoms with Crippen LogP contribution < -0.4 is 5.32 Å². The Morgan fingerprint density at radius 1 is 1.27 bits per heavy atom. The molecule has 0 saturated carbocycles. The van der Waals surface area contributed by atoms with Crippen LogP contribution in [0.1, 0.15) is 11.3 Å². The number of rotatable bonds is 5. The number of hydrogen-bond acceptors (Lipinski definition) is 3. The lowest BCUT2D eigenvalue weighted by atomic mass is 10.3. The van der Waals surface area contributed by atoms with Gasteiger partial charge in [0, 0.05) is 18.7 Å². The number of hydrogen-bond donors (Lipinski definition) is 1. The summed E-state index contributed by atoms with van der Waals surface area (Å²) in [5, 5.41) is 3.26. The fourth-order valence-electron chi connectivity index (χ4n) is 1.25. The molecule has 0 aliphatic rings. The van der Waals surface area contributed by atoms with Crippen molar-refractivity contribution in [2.24, 2.45) is 0 Å². The van der Waals surface area contributed by atoms with E-state index in [0.717, 1.165) is 24.4 Å². The Morgan fingerprint density at radius 3 is 3.00 bits per heavy atom. The molecule has 2 rings (SSSR count). The third-order valence-electron chi connectivity index (χ3n) is 2.00. The molecule has 0 unspecified atom stereocenters. The van der Waals surface area contributed by atoms with Gasteiger partial charge in [0.05, 0.1) is 18.8 Å². The molecule has 2 aromatic heterocycles. The number of furan rings is 2. The van der Waals surface area contributed by atoms with Crippen LogP contribution in [0.3, 0.4) is 0 Å². The third kappa shape index (κ3) is 3.14. The van der Waals surface area contributed by atoms with Gasteiger partial charge in [0.25, 0.3) is 0 Å². The van der Waals surface area contributed by atoms with Crippen molar-refractivity contribution in [3.8, 4) is 0 Å². The van der Waals surface area contributed by atoms with E-state index in [1.54, 1.807) is 18.8 Å². The Bertz CT molecular complexity index is 387. The lowest BCUT2D eigenvalue weighted by molar-refractivity contribution is 0.556. The summed E-state index contributed by atoms with van der Waals surface area (Å²) in [7, 11) is 0.